The predicted octanol–water partition coefficient (Wildman–Crippen LogP) is 5.07. The fourth-order valence-corrected chi connectivity index (χ4v) is 5.31. The molecule has 0 aliphatic heterocycles. The molecule has 180 valence electrons. The fourth-order valence-electron chi connectivity index (χ4n) is 4.15. The van der Waals surface area contributed by atoms with Gasteiger partial charge in [-0.3, -0.25) is 9.69 Å². The number of esters is 1. The van der Waals surface area contributed by atoms with Gasteiger partial charge < -0.3 is 9.26 Å². The van der Waals surface area contributed by atoms with Crippen LogP contribution in [0.1, 0.15) is 64.8 Å². The molecular weight excluding hydrogens is 464 g/mol. The van der Waals surface area contributed by atoms with Crippen molar-refractivity contribution in [3.8, 4) is 0 Å². The standard InChI is InChI=1S/C26H26N4O4S/c1-16(2)23-19-12-18(13-27-24(19)34-29-23)25(32)33-15-22(31)30(14-17-8-4-3-5-9-17)26-28-20-10-6-7-11-21(20)35-26/h3-5,8-9,12-13,16H,6-7,10-11,14-15H2,1-2H3. The molecule has 0 spiro atoms. The maximum Gasteiger partial charge on any atom is 0.340 e. The average molecular weight is 491 g/mol. The topological polar surface area (TPSA) is 98.4 Å². The van der Waals surface area contributed by atoms with Gasteiger partial charge in [0.1, 0.15) is 0 Å². The summed E-state index contributed by atoms with van der Waals surface area (Å²) < 4.78 is 10.6. The summed E-state index contributed by atoms with van der Waals surface area (Å²) >= 11 is 1.55. The Labute approximate surface area is 206 Å². The molecule has 3 aromatic heterocycles. The third kappa shape index (κ3) is 4.95. The van der Waals surface area contributed by atoms with Gasteiger partial charge in [0.2, 0.25) is 0 Å². The Bertz CT molecular complexity index is 1340. The number of nitrogens with zero attached hydrogens (tertiary/aromatic N) is 4. The summed E-state index contributed by atoms with van der Waals surface area (Å²) in [4.78, 5) is 37.9. The summed E-state index contributed by atoms with van der Waals surface area (Å²) in [5, 5.41) is 5.35. The summed E-state index contributed by atoms with van der Waals surface area (Å²) in [5.74, 6) is -0.835. The van der Waals surface area contributed by atoms with Gasteiger partial charge in [0.05, 0.1) is 28.9 Å². The van der Waals surface area contributed by atoms with Crippen molar-refractivity contribution in [3.63, 3.8) is 0 Å². The maximum atomic E-state index is 13.3. The van der Waals surface area contributed by atoms with E-state index in [4.69, 9.17) is 14.2 Å². The average Bonchev–Trinajstić information content (AvgIpc) is 3.50. The van der Waals surface area contributed by atoms with Gasteiger partial charge in [0, 0.05) is 11.1 Å². The van der Waals surface area contributed by atoms with Gasteiger partial charge in [-0.25, -0.2) is 14.8 Å². The van der Waals surface area contributed by atoms with Crippen molar-refractivity contribution in [2.24, 2.45) is 0 Å². The summed E-state index contributed by atoms with van der Waals surface area (Å²) in [6.07, 6.45) is 5.56. The Morgan fingerprint density at radius 2 is 1.97 bits per heavy atom. The number of carbonyl (C=O) groups excluding carboxylic acids is 2. The molecule has 0 saturated carbocycles. The molecule has 0 bridgehead atoms. The lowest BCUT2D eigenvalue weighted by Gasteiger charge is -2.20. The molecule has 9 heteroatoms. The fraction of sp³-hybridized carbons (Fsp3) is 0.346. The number of aryl methyl sites for hydroxylation is 2. The Hall–Kier alpha value is -3.59. The maximum absolute atomic E-state index is 13.3. The highest BCUT2D eigenvalue weighted by Crippen LogP contribution is 2.32. The minimum atomic E-state index is -0.623. The van der Waals surface area contributed by atoms with Crippen LogP contribution in [0.15, 0.2) is 47.1 Å². The van der Waals surface area contributed by atoms with Crippen LogP contribution in [0.4, 0.5) is 5.13 Å². The van der Waals surface area contributed by atoms with Crippen LogP contribution in [0.2, 0.25) is 0 Å². The van der Waals surface area contributed by atoms with Crippen LogP contribution in [0.3, 0.4) is 0 Å². The van der Waals surface area contributed by atoms with Crippen LogP contribution in [0, 0.1) is 0 Å². The zero-order valence-corrected chi connectivity index (χ0v) is 20.5. The number of aromatic nitrogens is 3. The highest BCUT2D eigenvalue weighted by Gasteiger charge is 2.25. The van der Waals surface area contributed by atoms with E-state index in [1.54, 1.807) is 22.3 Å². The van der Waals surface area contributed by atoms with Gasteiger partial charge in [0.25, 0.3) is 11.6 Å². The highest BCUT2D eigenvalue weighted by molar-refractivity contribution is 7.15. The molecule has 0 radical (unpaired) electrons. The zero-order chi connectivity index (χ0) is 24.4. The van der Waals surface area contributed by atoms with E-state index >= 15 is 0 Å². The van der Waals surface area contributed by atoms with Gasteiger partial charge in [0.15, 0.2) is 11.7 Å². The first-order valence-corrected chi connectivity index (χ1v) is 12.6. The number of carbonyl (C=O) groups is 2. The van der Waals surface area contributed by atoms with Crippen molar-refractivity contribution in [3.05, 3.63) is 70.0 Å². The first kappa shape index (κ1) is 23.2. The quantitative estimate of drug-likeness (QED) is 0.334. The molecule has 1 aliphatic carbocycles. The van der Waals surface area contributed by atoms with Crippen LogP contribution in [0.5, 0.6) is 0 Å². The second-order valence-corrected chi connectivity index (χ2v) is 9.98. The largest absolute Gasteiger partial charge is 0.452 e. The molecule has 1 aliphatic rings. The first-order chi connectivity index (χ1) is 17.0. The SMILES string of the molecule is CC(C)c1noc2ncc(C(=O)OCC(=O)N(Cc3ccccc3)c3nc4c(s3)CCCC4)cc12. The molecule has 3 heterocycles. The smallest absolute Gasteiger partial charge is 0.340 e. The predicted molar refractivity (Wildman–Crippen MR) is 133 cm³/mol. The van der Waals surface area contributed by atoms with E-state index in [0.717, 1.165) is 42.6 Å². The number of amides is 1. The summed E-state index contributed by atoms with van der Waals surface area (Å²) in [5.41, 5.74) is 3.38. The summed E-state index contributed by atoms with van der Waals surface area (Å²) in [7, 11) is 0. The molecule has 4 aromatic rings. The van der Waals surface area contributed by atoms with E-state index in [1.807, 2.05) is 44.2 Å². The third-order valence-corrected chi connectivity index (χ3v) is 7.20. The first-order valence-electron chi connectivity index (χ1n) is 11.7. The highest BCUT2D eigenvalue weighted by atomic mass is 32.1. The van der Waals surface area contributed by atoms with E-state index in [0.29, 0.717) is 22.8 Å². The zero-order valence-electron chi connectivity index (χ0n) is 19.7. The summed E-state index contributed by atoms with van der Waals surface area (Å²) in [6.45, 7) is 3.93. The molecular formula is C26H26N4O4S. The van der Waals surface area contributed by atoms with Crippen LogP contribution in [-0.4, -0.2) is 33.6 Å². The van der Waals surface area contributed by atoms with Gasteiger partial charge in [-0.05, 0) is 43.2 Å². The molecule has 0 unspecified atom stereocenters. The number of pyridine rings is 1. The Morgan fingerprint density at radius 1 is 1.17 bits per heavy atom. The van der Waals surface area contributed by atoms with E-state index in [9.17, 15) is 9.59 Å². The van der Waals surface area contributed by atoms with Crippen LogP contribution < -0.4 is 4.90 Å². The van der Waals surface area contributed by atoms with Crippen LogP contribution in [0.25, 0.3) is 11.1 Å². The molecule has 0 fully saturated rings. The third-order valence-electron chi connectivity index (χ3n) is 6.02. The van der Waals surface area contributed by atoms with E-state index in [-0.39, 0.29) is 17.4 Å². The van der Waals surface area contributed by atoms with Gasteiger partial charge in [-0.15, -0.1) is 11.3 Å². The molecule has 35 heavy (non-hydrogen) atoms. The molecule has 8 nitrogen and oxygen atoms in total. The Balaban J connectivity index is 1.34. The van der Waals surface area contributed by atoms with Crippen molar-refractivity contribution in [1.82, 2.24) is 15.1 Å². The number of rotatable bonds is 7. The lowest BCUT2D eigenvalue weighted by molar-refractivity contribution is -0.121. The molecule has 0 N–H and O–H groups in total. The van der Waals surface area contributed by atoms with Crippen molar-refractivity contribution in [2.45, 2.75) is 52.0 Å². The number of hydrogen-bond donors (Lipinski definition) is 0. The molecule has 0 atom stereocenters. The number of thiazole rings is 1. The van der Waals surface area contributed by atoms with E-state index in [1.165, 1.54) is 11.1 Å². The lowest BCUT2D eigenvalue weighted by Crippen LogP contribution is -2.34. The number of fused-ring (bicyclic) bond motifs is 2. The van der Waals surface area contributed by atoms with Gasteiger partial charge in [-0.1, -0.05) is 49.3 Å². The second-order valence-electron chi connectivity index (χ2n) is 8.91. The number of hydrogen-bond acceptors (Lipinski definition) is 8. The minimum absolute atomic E-state index is 0.113. The number of anilines is 1. The van der Waals surface area contributed by atoms with Crippen molar-refractivity contribution in [2.75, 3.05) is 11.5 Å². The van der Waals surface area contributed by atoms with E-state index < -0.39 is 12.6 Å². The monoisotopic (exact) mass is 490 g/mol. The Morgan fingerprint density at radius 3 is 2.74 bits per heavy atom. The van der Waals surface area contributed by atoms with Crippen molar-refractivity contribution >= 4 is 39.4 Å². The minimum Gasteiger partial charge on any atom is -0.452 e. The van der Waals surface area contributed by atoms with Crippen LogP contribution >= 0.6 is 11.3 Å². The molecule has 5 rings (SSSR count). The second kappa shape index (κ2) is 9.95. The summed E-state index contributed by atoms with van der Waals surface area (Å²) in [6, 6.07) is 11.4. The molecule has 1 amide bonds. The lowest BCUT2D eigenvalue weighted by atomic mass is 10.0. The van der Waals surface area contributed by atoms with Gasteiger partial charge >= 0.3 is 5.97 Å². The molecule has 0 saturated heterocycles. The Kier molecular flexibility index (Phi) is 6.59. The number of ether oxygens (including phenoxy) is 1. The molecule has 1 aromatic carbocycles. The van der Waals surface area contributed by atoms with Crippen molar-refractivity contribution in [1.29, 1.82) is 0 Å². The number of benzene rings is 1. The van der Waals surface area contributed by atoms with Crippen molar-refractivity contribution < 1.29 is 18.8 Å². The van der Waals surface area contributed by atoms with Gasteiger partial charge in [-0.2, -0.15) is 0 Å². The van der Waals surface area contributed by atoms with E-state index in [2.05, 4.69) is 10.1 Å². The van der Waals surface area contributed by atoms with Crippen LogP contribution in [-0.2, 0) is 28.9 Å². The normalized spacial score (nSPS) is 13.1.